The summed E-state index contributed by atoms with van der Waals surface area (Å²) < 4.78 is 53.8. The van der Waals surface area contributed by atoms with Gasteiger partial charge in [0.25, 0.3) is 0 Å². The Bertz CT molecular complexity index is 1750. The molecule has 0 unspecified atom stereocenters. The highest BCUT2D eigenvalue weighted by atomic mass is 19.4. The molecule has 45 heavy (non-hydrogen) atoms. The number of nitrogens with zero attached hydrogens (tertiary/aromatic N) is 6. The Balaban J connectivity index is 1.41. The van der Waals surface area contributed by atoms with Crippen LogP contribution in [0.2, 0.25) is 0 Å². The number of pyridine rings is 3. The Hall–Kier alpha value is -4.10. The molecule has 0 bridgehead atoms. The number of fused-ring (bicyclic) bond motifs is 2. The highest BCUT2D eigenvalue weighted by Crippen LogP contribution is 2.43. The standard InChI is InChI=1S/C32H35F3N6O4/c1-19-15-37-24(14-22(19)17-40-16-21-6-5-10-36-27(21)45-31(18-40)8-12-44-13-9-31)25(30(3,4)29(42)43)23-7-11-41-26(20(23)2)38-39-28(41)32(33,34)35/h5-7,10-11,14-15,25H,8-9,12-13,16-18H2,1-4H3,(H,42,43)/t25-/m0/s1. The van der Waals surface area contributed by atoms with Crippen LogP contribution >= 0.6 is 0 Å². The molecule has 1 fully saturated rings. The van der Waals surface area contributed by atoms with E-state index in [9.17, 15) is 23.1 Å². The van der Waals surface area contributed by atoms with E-state index in [1.54, 1.807) is 33.2 Å². The summed E-state index contributed by atoms with van der Waals surface area (Å²) in [4.78, 5) is 24.2. The summed E-state index contributed by atoms with van der Waals surface area (Å²) in [6.07, 6.45) is 1.48. The minimum Gasteiger partial charge on any atom is -0.481 e. The SMILES string of the molecule is Cc1cnc([C@H](c2ccn3c(C(F)(F)F)nnc3c2C)C(C)(C)C(=O)O)cc1CN1Cc2cccnc2OC2(CCOCC2)C1. The van der Waals surface area contributed by atoms with Gasteiger partial charge in [-0.25, -0.2) is 4.98 Å². The van der Waals surface area contributed by atoms with Crippen LogP contribution in [0.3, 0.4) is 0 Å². The summed E-state index contributed by atoms with van der Waals surface area (Å²) >= 11 is 0. The molecule has 4 aromatic heterocycles. The Morgan fingerprint density at radius 1 is 1.13 bits per heavy atom. The van der Waals surface area contributed by atoms with Gasteiger partial charge in [0.1, 0.15) is 5.60 Å². The predicted octanol–water partition coefficient (Wildman–Crippen LogP) is 5.34. The normalized spacial score (nSPS) is 17.9. The van der Waals surface area contributed by atoms with E-state index in [0.717, 1.165) is 33.9 Å². The molecule has 4 aromatic rings. The number of hydrogen-bond acceptors (Lipinski definition) is 8. The largest absolute Gasteiger partial charge is 0.481 e. The average Bonchev–Trinajstić information content (AvgIpc) is 3.37. The predicted molar refractivity (Wildman–Crippen MR) is 157 cm³/mol. The Morgan fingerprint density at radius 3 is 2.60 bits per heavy atom. The molecule has 238 valence electrons. The summed E-state index contributed by atoms with van der Waals surface area (Å²) in [5, 5.41) is 17.5. The zero-order chi connectivity index (χ0) is 32.1. The van der Waals surface area contributed by atoms with Crippen molar-refractivity contribution in [1.82, 2.24) is 29.5 Å². The van der Waals surface area contributed by atoms with E-state index in [1.165, 1.54) is 12.3 Å². The lowest BCUT2D eigenvalue weighted by molar-refractivity contribution is -0.147. The third-order valence-corrected chi connectivity index (χ3v) is 9.10. The quantitative estimate of drug-likeness (QED) is 0.304. The van der Waals surface area contributed by atoms with Gasteiger partial charge >= 0.3 is 12.1 Å². The van der Waals surface area contributed by atoms with Gasteiger partial charge in [-0.1, -0.05) is 6.07 Å². The molecule has 0 aromatic carbocycles. The van der Waals surface area contributed by atoms with E-state index in [2.05, 4.69) is 20.1 Å². The lowest BCUT2D eigenvalue weighted by Gasteiger charge is -2.38. The van der Waals surface area contributed by atoms with Gasteiger partial charge in [-0.3, -0.25) is 19.1 Å². The molecular formula is C32H35F3N6O4. The number of ether oxygens (including phenoxy) is 2. The van der Waals surface area contributed by atoms with Crippen molar-refractivity contribution in [1.29, 1.82) is 0 Å². The highest BCUT2D eigenvalue weighted by molar-refractivity contribution is 5.76. The lowest BCUT2D eigenvalue weighted by Crippen LogP contribution is -2.49. The van der Waals surface area contributed by atoms with E-state index in [1.807, 2.05) is 25.1 Å². The molecule has 1 saturated heterocycles. The maximum atomic E-state index is 13.6. The maximum Gasteiger partial charge on any atom is 0.452 e. The number of carbonyl (C=O) groups is 1. The fraction of sp³-hybridized carbons (Fsp3) is 0.469. The molecule has 13 heteroatoms. The first-order chi connectivity index (χ1) is 21.3. The molecule has 0 amide bonds. The van der Waals surface area contributed by atoms with Crippen molar-refractivity contribution in [2.75, 3.05) is 19.8 Å². The van der Waals surface area contributed by atoms with Crippen LogP contribution in [0.4, 0.5) is 13.2 Å². The van der Waals surface area contributed by atoms with E-state index in [-0.39, 0.29) is 5.65 Å². The van der Waals surface area contributed by atoms with Crippen molar-refractivity contribution in [3.63, 3.8) is 0 Å². The highest BCUT2D eigenvalue weighted by Gasteiger charge is 2.43. The first kappa shape index (κ1) is 30.9. The topological polar surface area (TPSA) is 115 Å². The van der Waals surface area contributed by atoms with Gasteiger partial charge in [-0.05, 0) is 68.1 Å². The zero-order valence-corrected chi connectivity index (χ0v) is 25.6. The molecule has 2 aliphatic heterocycles. The van der Waals surface area contributed by atoms with Gasteiger partial charge < -0.3 is 14.6 Å². The van der Waals surface area contributed by atoms with Crippen LogP contribution in [0.15, 0.2) is 42.9 Å². The number of hydrogen-bond donors (Lipinski definition) is 1. The Morgan fingerprint density at radius 2 is 1.89 bits per heavy atom. The lowest BCUT2D eigenvalue weighted by atomic mass is 9.71. The number of carboxylic acids is 1. The van der Waals surface area contributed by atoms with Crippen molar-refractivity contribution in [3.05, 3.63) is 82.2 Å². The summed E-state index contributed by atoms with van der Waals surface area (Å²) in [6, 6.07) is 7.34. The van der Waals surface area contributed by atoms with Crippen LogP contribution in [-0.4, -0.2) is 65.9 Å². The first-order valence-corrected chi connectivity index (χ1v) is 14.8. The molecule has 1 spiro atoms. The minimum atomic E-state index is -4.70. The number of aliphatic carboxylic acids is 1. The number of aromatic nitrogens is 5. The number of carboxylic acid groups (broad SMARTS) is 1. The summed E-state index contributed by atoms with van der Waals surface area (Å²) in [6.45, 7) is 9.79. The average molecular weight is 625 g/mol. The van der Waals surface area contributed by atoms with Gasteiger partial charge in [0.2, 0.25) is 11.7 Å². The maximum absolute atomic E-state index is 13.6. The smallest absolute Gasteiger partial charge is 0.452 e. The van der Waals surface area contributed by atoms with E-state index in [4.69, 9.17) is 14.5 Å². The van der Waals surface area contributed by atoms with Gasteiger partial charge in [-0.2, -0.15) is 13.2 Å². The zero-order valence-electron chi connectivity index (χ0n) is 25.6. The van der Waals surface area contributed by atoms with Crippen molar-refractivity contribution < 1.29 is 32.5 Å². The third-order valence-electron chi connectivity index (χ3n) is 9.10. The van der Waals surface area contributed by atoms with Crippen molar-refractivity contribution >= 4 is 11.6 Å². The van der Waals surface area contributed by atoms with Crippen molar-refractivity contribution in [2.45, 2.75) is 71.3 Å². The van der Waals surface area contributed by atoms with Crippen molar-refractivity contribution in [3.8, 4) is 5.88 Å². The second-order valence-corrected chi connectivity index (χ2v) is 12.6. The Kier molecular flexibility index (Phi) is 7.80. The third kappa shape index (κ3) is 5.74. The van der Waals surface area contributed by atoms with Crippen molar-refractivity contribution in [2.24, 2.45) is 5.41 Å². The summed E-state index contributed by atoms with van der Waals surface area (Å²) in [5.74, 6) is -2.38. The summed E-state index contributed by atoms with van der Waals surface area (Å²) in [7, 11) is 0. The fourth-order valence-corrected chi connectivity index (χ4v) is 6.49. The molecule has 1 N–H and O–H groups in total. The first-order valence-electron chi connectivity index (χ1n) is 14.8. The van der Waals surface area contributed by atoms with E-state index >= 15 is 0 Å². The van der Waals surface area contributed by atoms with Gasteiger partial charge in [0.05, 0.1) is 18.6 Å². The molecule has 1 atom stereocenters. The van der Waals surface area contributed by atoms with Crippen LogP contribution in [0, 0.1) is 19.3 Å². The van der Waals surface area contributed by atoms with Crippen LogP contribution in [-0.2, 0) is 28.8 Å². The molecule has 6 heterocycles. The molecular weight excluding hydrogens is 589 g/mol. The Labute approximate surface area is 258 Å². The molecule has 0 radical (unpaired) electrons. The van der Waals surface area contributed by atoms with Crippen LogP contribution in [0.25, 0.3) is 5.65 Å². The van der Waals surface area contributed by atoms with Gasteiger partial charge in [-0.15, -0.1) is 10.2 Å². The second kappa shape index (κ2) is 11.4. The van der Waals surface area contributed by atoms with E-state index < -0.39 is 34.9 Å². The monoisotopic (exact) mass is 624 g/mol. The number of rotatable bonds is 6. The molecule has 0 aliphatic carbocycles. The molecule has 6 rings (SSSR count). The number of alkyl halides is 3. The van der Waals surface area contributed by atoms with Crippen LogP contribution in [0.1, 0.15) is 71.9 Å². The van der Waals surface area contributed by atoms with E-state index in [0.29, 0.717) is 55.5 Å². The second-order valence-electron chi connectivity index (χ2n) is 12.6. The summed E-state index contributed by atoms with van der Waals surface area (Å²) in [5.41, 5.74) is 2.48. The fourth-order valence-electron chi connectivity index (χ4n) is 6.49. The number of halogens is 3. The van der Waals surface area contributed by atoms with Gasteiger partial charge in [0, 0.05) is 68.2 Å². The minimum absolute atomic E-state index is 0.0111. The molecule has 0 saturated carbocycles. The van der Waals surface area contributed by atoms with Crippen LogP contribution in [0.5, 0.6) is 5.88 Å². The molecule has 2 aliphatic rings. The van der Waals surface area contributed by atoms with Gasteiger partial charge in [0.15, 0.2) is 5.65 Å². The molecule has 10 nitrogen and oxygen atoms in total. The number of aryl methyl sites for hydroxylation is 2. The van der Waals surface area contributed by atoms with Crippen LogP contribution < -0.4 is 4.74 Å².